The molecule has 2 heterocycles. The first-order chi connectivity index (χ1) is 7.96. The Balaban J connectivity index is 1.98. The minimum atomic E-state index is -3.43. The molecule has 2 aliphatic heterocycles. The summed E-state index contributed by atoms with van der Waals surface area (Å²) in [5.74, 6) is 0.0634. The van der Waals surface area contributed by atoms with E-state index in [-0.39, 0.29) is 18.2 Å². The van der Waals surface area contributed by atoms with E-state index >= 15 is 0 Å². The van der Waals surface area contributed by atoms with Crippen LogP contribution >= 0.6 is 0 Å². The van der Waals surface area contributed by atoms with Crippen LogP contribution in [0.3, 0.4) is 0 Å². The van der Waals surface area contributed by atoms with Crippen molar-refractivity contribution in [2.75, 3.05) is 19.6 Å². The second-order valence-corrected chi connectivity index (χ2v) is 6.04. The fraction of sp³-hybridized carbons (Fsp3) is 0.800. The summed E-state index contributed by atoms with van der Waals surface area (Å²) in [6, 6.07) is 0. The predicted octanol–water partition coefficient (Wildman–Crippen LogP) is 0.475. The Labute approximate surface area is 101 Å². The Hall–Kier alpha value is -0.790. The molecule has 0 N–H and O–H groups in total. The molecule has 2 aliphatic rings. The summed E-state index contributed by atoms with van der Waals surface area (Å²) in [5, 5.41) is 0. The van der Waals surface area contributed by atoms with Crippen LogP contribution < -0.4 is 0 Å². The molecule has 0 radical (unpaired) electrons. The van der Waals surface area contributed by atoms with Crippen molar-refractivity contribution < 1.29 is 22.1 Å². The molecule has 2 rings (SSSR count). The van der Waals surface area contributed by atoms with E-state index in [1.165, 1.54) is 0 Å². The highest BCUT2D eigenvalue weighted by molar-refractivity contribution is 7.86. The van der Waals surface area contributed by atoms with Crippen LogP contribution in [0.4, 0.5) is 0 Å². The van der Waals surface area contributed by atoms with Crippen molar-refractivity contribution in [2.45, 2.75) is 25.7 Å². The maximum Gasteiger partial charge on any atom is 0.264 e. The normalized spacial score (nSPS) is 33.8. The largest absolute Gasteiger partial charge is 0.479 e. The van der Waals surface area contributed by atoms with Crippen molar-refractivity contribution >= 4 is 10.1 Å². The van der Waals surface area contributed by atoms with Gasteiger partial charge in [0.1, 0.15) is 12.5 Å². The molecule has 0 amide bonds. The van der Waals surface area contributed by atoms with Gasteiger partial charge in [-0.05, 0) is 0 Å². The molecule has 98 valence electrons. The lowest BCUT2D eigenvalue weighted by Gasteiger charge is -2.37. The van der Waals surface area contributed by atoms with Crippen molar-refractivity contribution in [3.63, 3.8) is 0 Å². The van der Waals surface area contributed by atoms with Crippen molar-refractivity contribution in [1.29, 1.82) is 0 Å². The lowest BCUT2D eigenvalue weighted by atomic mass is 9.99. The first-order valence-corrected chi connectivity index (χ1v) is 7.31. The van der Waals surface area contributed by atoms with Gasteiger partial charge in [-0.15, -0.1) is 0 Å². The smallest absolute Gasteiger partial charge is 0.264 e. The average molecular weight is 263 g/mol. The van der Waals surface area contributed by atoms with Gasteiger partial charge in [0.2, 0.25) is 0 Å². The third-order valence-electron chi connectivity index (χ3n) is 2.86. The van der Waals surface area contributed by atoms with Crippen LogP contribution in [0.2, 0.25) is 0 Å². The molecule has 0 bridgehead atoms. The average Bonchev–Trinajstić information content (AvgIpc) is 2.72. The number of ether oxygens (including phenoxy) is 2. The molecule has 0 spiro atoms. The van der Waals surface area contributed by atoms with E-state index in [2.05, 4.69) is 0 Å². The monoisotopic (exact) mass is 263 g/mol. The van der Waals surface area contributed by atoms with E-state index in [9.17, 15) is 8.42 Å². The Kier molecular flexibility index (Phi) is 3.60. The minimum Gasteiger partial charge on any atom is -0.479 e. The van der Waals surface area contributed by atoms with Crippen molar-refractivity contribution in [2.24, 2.45) is 5.92 Å². The summed E-state index contributed by atoms with van der Waals surface area (Å²) in [5.41, 5.74) is 0. The Morgan fingerprint density at radius 3 is 2.82 bits per heavy atom. The van der Waals surface area contributed by atoms with Gasteiger partial charge >= 0.3 is 0 Å². The maximum atomic E-state index is 11.2. The zero-order valence-electron chi connectivity index (χ0n) is 9.90. The molecule has 1 saturated heterocycles. The van der Waals surface area contributed by atoms with Gasteiger partial charge in [-0.1, -0.05) is 6.92 Å². The lowest BCUT2D eigenvalue weighted by molar-refractivity contribution is -0.130. The SMILES string of the molecule is CC1COC(N2C=COC2)CC1OS(C)(=O)=O. The van der Waals surface area contributed by atoms with Gasteiger partial charge in [0.05, 0.1) is 19.0 Å². The van der Waals surface area contributed by atoms with E-state index in [1.807, 2.05) is 11.8 Å². The molecule has 3 atom stereocenters. The lowest BCUT2D eigenvalue weighted by Crippen LogP contribution is -2.45. The first kappa shape index (κ1) is 12.7. The van der Waals surface area contributed by atoms with Crippen LogP contribution in [0.15, 0.2) is 12.5 Å². The van der Waals surface area contributed by atoms with E-state index < -0.39 is 10.1 Å². The zero-order valence-corrected chi connectivity index (χ0v) is 10.7. The molecule has 6 nitrogen and oxygen atoms in total. The molecule has 0 aromatic rings. The summed E-state index contributed by atoms with van der Waals surface area (Å²) in [7, 11) is -3.43. The molecule has 1 fully saturated rings. The second kappa shape index (κ2) is 4.83. The first-order valence-electron chi connectivity index (χ1n) is 5.49. The van der Waals surface area contributed by atoms with Gasteiger partial charge in [0.25, 0.3) is 10.1 Å². The molecular weight excluding hydrogens is 246 g/mol. The number of rotatable bonds is 3. The van der Waals surface area contributed by atoms with Crippen LogP contribution in [0.1, 0.15) is 13.3 Å². The van der Waals surface area contributed by atoms with Gasteiger partial charge in [-0.25, -0.2) is 0 Å². The summed E-state index contributed by atoms with van der Waals surface area (Å²) in [4.78, 5) is 1.88. The van der Waals surface area contributed by atoms with Crippen LogP contribution in [0.5, 0.6) is 0 Å². The van der Waals surface area contributed by atoms with Crippen LogP contribution in [-0.4, -0.2) is 45.2 Å². The van der Waals surface area contributed by atoms with Crippen molar-refractivity contribution in [3.8, 4) is 0 Å². The van der Waals surface area contributed by atoms with Gasteiger partial charge in [0.15, 0.2) is 6.73 Å². The zero-order chi connectivity index (χ0) is 12.5. The number of nitrogens with zero attached hydrogens (tertiary/aromatic N) is 1. The quantitative estimate of drug-likeness (QED) is 0.690. The Morgan fingerprint density at radius 1 is 1.47 bits per heavy atom. The fourth-order valence-electron chi connectivity index (χ4n) is 1.93. The topological polar surface area (TPSA) is 65.1 Å². The maximum absolute atomic E-state index is 11.2. The highest BCUT2D eigenvalue weighted by Gasteiger charge is 2.34. The summed E-state index contributed by atoms with van der Waals surface area (Å²) in [6.07, 6.45) is 4.45. The Bertz CT molecular complexity index is 394. The molecule has 0 aromatic carbocycles. The number of hydrogen-bond donors (Lipinski definition) is 0. The van der Waals surface area contributed by atoms with Gasteiger partial charge in [-0.3, -0.25) is 4.18 Å². The fourth-order valence-corrected chi connectivity index (χ4v) is 2.65. The predicted molar refractivity (Wildman–Crippen MR) is 60.2 cm³/mol. The summed E-state index contributed by atoms with van der Waals surface area (Å²) < 4.78 is 38.1. The van der Waals surface area contributed by atoms with Crippen molar-refractivity contribution in [3.05, 3.63) is 12.5 Å². The van der Waals surface area contributed by atoms with Crippen LogP contribution in [-0.2, 0) is 23.8 Å². The van der Waals surface area contributed by atoms with E-state index in [1.54, 1.807) is 12.5 Å². The third-order valence-corrected chi connectivity index (χ3v) is 3.46. The highest BCUT2D eigenvalue weighted by atomic mass is 32.2. The molecule has 3 unspecified atom stereocenters. The van der Waals surface area contributed by atoms with E-state index in [0.717, 1.165) is 6.26 Å². The second-order valence-electron chi connectivity index (χ2n) is 4.43. The molecule has 17 heavy (non-hydrogen) atoms. The number of hydrogen-bond acceptors (Lipinski definition) is 6. The van der Waals surface area contributed by atoms with Gasteiger partial charge < -0.3 is 14.4 Å². The highest BCUT2D eigenvalue weighted by Crippen LogP contribution is 2.26. The molecule has 7 heteroatoms. The molecular formula is C10H17NO5S. The standard InChI is InChI=1S/C10H17NO5S/c1-8-6-15-10(11-3-4-14-7-11)5-9(8)16-17(2,12)13/h3-4,8-10H,5-7H2,1-2H3. The summed E-state index contributed by atoms with van der Waals surface area (Å²) >= 11 is 0. The molecule has 0 aromatic heterocycles. The molecule has 0 saturated carbocycles. The molecule has 0 aliphatic carbocycles. The van der Waals surface area contributed by atoms with Crippen molar-refractivity contribution in [1.82, 2.24) is 4.90 Å². The minimum absolute atomic E-state index is 0.0634. The van der Waals surface area contributed by atoms with Crippen LogP contribution in [0, 0.1) is 5.92 Å². The van der Waals surface area contributed by atoms with Gasteiger partial charge in [-0.2, -0.15) is 8.42 Å². The van der Waals surface area contributed by atoms with Gasteiger partial charge in [0, 0.05) is 18.5 Å². The van der Waals surface area contributed by atoms with E-state index in [0.29, 0.717) is 19.8 Å². The van der Waals surface area contributed by atoms with Crippen LogP contribution in [0.25, 0.3) is 0 Å². The van der Waals surface area contributed by atoms with E-state index in [4.69, 9.17) is 13.7 Å². The summed E-state index contributed by atoms with van der Waals surface area (Å²) in [6.45, 7) is 2.84. The third kappa shape index (κ3) is 3.34. The Morgan fingerprint density at radius 2 is 2.24 bits per heavy atom.